The largest absolute Gasteiger partial charge is 0.366 e. The summed E-state index contributed by atoms with van der Waals surface area (Å²) in [5, 5.41) is 11.2. The van der Waals surface area contributed by atoms with Crippen molar-refractivity contribution in [1.29, 1.82) is 0 Å². The standard InChI is InChI=1S/C14H11N5O/c15-14(20)12-6-3-9-1-2-10(4-5-11(9)12)13-7-8-16-18-19-17-13/h1-8H,(H2,15,20)(H,16,19). The molecule has 20 heavy (non-hydrogen) atoms. The summed E-state index contributed by atoms with van der Waals surface area (Å²) in [6.45, 7) is 0. The van der Waals surface area contributed by atoms with Crippen LogP contribution in [0.5, 0.6) is 0 Å². The fourth-order valence-corrected chi connectivity index (χ4v) is 2.07. The van der Waals surface area contributed by atoms with Crippen molar-refractivity contribution in [2.75, 3.05) is 0 Å². The molecule has 6 heteroatoms. The summed E-state index contributed by atoms with van der Waals surface area (Å²) in [6, 6.07) is 11.2. The van der Waals surface area contributed by atoms with E-state index in [0.717, 1.165) is 16.7 Å². The highest BCUT2D eigenvalue weighted by atomic mass is 16.1. The lowest BCUT2D eigenvalue weighted by atomic mass is 10.1. The molecule has 1 heterocycles. The average molecular weight is 265 g/mol. The van der Waals surface area contributed by atoms with Gasteiger partial charge >= 0.3 is 0 Å². The number of rotatable bonds is 2. The van der Waals surface area contributed by atoms with Crippen LogP contribution in [0.1, 0.15) is 15.9 Å². The van der Waals surface area contributed by atoms with Crippen LogP contribution >= 0.6 is 0 Å². The first kappa shape index (κ1) is 12.0. The highest BCUT2D eigenvalue weighted by Gasteiger charge is 2.12. The number of allylic oxidation sites excluding steroid dienone is 1. The maximum Gasteiger partial charge on any atom is 0.249 e. The molecule has 0 saturated heterocycles. The first-order valence-corrected chi connectivity index (χ1v) is 5.98. The van der Waals surface area contributed by atoms with Gasteiger partial charge < -0.3 is 5.73 Å². The second-order valence-electron chi connectivity index (χ2n) is 4.24. The van der Waals surface area contributed by atoms with Crippen molar-refractivity contribution in [3.8, 4) is 11.1 Å². The zero-order chi connectivity index (χ0) is 13.9. The Balaban J connectivity index is 2.10. The minimum atomic E-state index is -0.433. The Hall–Kier alpha value is -3.02. The fraction of sp³-hybridized carbons (Fsp3) is 0. The Morgan fingerprint density at radius 1 is 1.05 bits per heavy atom. The average Bonchev–Trinajstić information content (AvgIpc) is 2.62. The van der Waals surface area contributed by atoms with Crippen LogP contribution in [0, 0.1) is 0 Å². The minimum absolute atomic E-state index is 0.433. The summed E-state index contributed by atoms with van der Waals surface area (Å²) in [4.78, 5) is 11.4. The maximum atomic E-state index is 11.4. The van der Waals surface area contributed by atoms with Gasteiger partial charge in [-0.25, -0.2) is 0 Å². The third-order valence-corrected chi connectivity index (χ3v) is 3.03. The Labute approximate surface area is 115 Å². The quantitative estimate of drug-likeness (QED) is 0.870. The van der Waals surface area contributed by atoms with Gasteiger partial charge in [0.05, 0.1) is 5.71 Å². The molecule has 6 nitrogen and oxygen atoms in total. The van der Waals surface area contributed by atoms with Crippen molar-refractivity contribution in [1.82, 2.24) is 5.43 Å². The van der Waals surface area contributed by atoms with E-state index in [1.165, 1.54) is 0 Å². The molecule has 98 valence electrons. The molecule has 3 rings (SSSR count). The molecular weight excluding hydrogens is 254 g/mol. The van der Waals surface area contributed by atoms with E-state index in [9.17, 15) is 4.79 Å². The van der Waals surface area contributed by atoms with Gasteiger partial charge in [-0.3, -0.25) is 10.2 Å². The number of hydrogen-bond donors (Lipinski definition) is 2. The van der Waals surface area contributed by atoms with Crippen molar-refractivity contribution in [3.63, 3.8) is 0 Å². The number of fused-ring (bicyclic) bond motifs is 1. The van der Waals surface area contributed by atoms with Crippen LogP contribution in [-0.4, -0.2) is 11.6 Å². The first-order valence-electron chi connectivity index (χ1n) is 5.98. The molecule has 0 aromatic carbocycles. The zero-order valence-electron chi connectivity index (χ0n) is 10.4. The second kappa shape index (κ2) is 4.93. The van der Waals surface area contributed by atoms with E-state index in [0.29, 0.717) is 11.3 Å². The molecule has 0 fully saturated rings. The van der Waals surface area contributed by atoms with Gasteiger partial charge in [-0.1, -0.05) is 30.3 Å². The zero-order valence-corrected chi connectivity index (χ0v) is 10.4. The Kier molecular flexibility index (Phi) is 2.96. The highest BCUT2D eigenvalue weighted by Crippen LogP contribution is 2.27. The summed E-state index contributed by atoms with van der Waals surface area (Å²) in [5.41, 5.74) is 11.8. The van der Waals surface area contributed by atoms with Crippen LogP contribution in [-0.2, 0) is 0 Å². The molecule has 0 unspecified atom stereocenters. The Morgan fingerprint density at radius 2 is 1.80 bits per heavy atom. The molecule has 0 aromatic rings. The van der Waals surface area contributed by atoms with Gasteiger partial charge in [0.25, 0.3) is 0 Å². The molecule has 0 saturated carbocycles. The molecule has 1 aliphatic heterocycles. The van der Waals surface area contributed by atoms with Crippen LogP contribution in [0.15, 0.2) is 64.2 Å². The number of nitrogens with zero attached hydrogens (tertiary/aromatic N) is 3. The van der Waals surface area contributed by atoms with E-state index < -0.39 is 5.91 Å². The minimum Gasteiger partial charge on any atom is -0.366 e. The molecule has 0 spiro atoms. The topological polar surface area (TPSA) is 92.2 Å². The number of carbonyl (C=O) groups is 1. The van der Waals surface area contributed by atoms with Crippen LogP contribution in [0.3, 0.4) is 0 Å². The SMILES string of the molecule is NC(=O)c1ccc2ccc(C3=NN=NNC=C3)ccc1-2. The molecular formula is C14H11N5O. The number of nitrogens with one attached hydrogen (secondary N) is 1. The highest BCUT2D eigenvalue weighted by molar-refractivity contribution is 6.09. The molecule has 2 aliphatic carbocycles. The van der Waals surface area contributed by atoms with Crippen molar-refractivity contribution < 1.29 is 4.79 Å². The first-order chi connectivity index (χ1) is 9.75. The normalized spacial score (nSPS) is 13.7. The fourth-order valence-electron chi connectivity index (χ4n) is 2.07. The van der Waals surface area contributed by atoms with Gasteiger partial charge in [-0.15, -0.1) is 5.10 Å². The molecule has 0 atom stereocenters. The number of nitrogens with two attached hydrogens (primary N) is 1. The van der Waals surface area contributed by atoms with Gasteiger partial charge in [0.1, 0.15) is 0 Å². The molecule has 0 aromatic heterocycles. The predicted octanol–water partition coefficient (Wildman–Crippen LogP) is 2.08. The maximum absolute atomic E-state index is 11.4. The van der Waals surface area contributed by atoms with Gasteiger partial charge in [0.2, 0.25) is 5.91 Å². The van der Waals surface area contributed by atoms with E-state index in [-0.39, 0.29) is 0 Å². The summed E-state index contributed by atoms with van der Waals surface area (Å²) in [6.07, 6.45) is 3.42. The van der Waals surface area contributed by atoms with Gasteiger partial charge in [-0.2, -0.15) is 0 Å². The van der Waals surface area contributed by atoms with Gasteiger partial charge in [-0.05, 0) is 33.7 Å². The summed E-state index contributed by atoms with van der Waals surface area (Å²) >= 11 is 0. The predicted molar refractivity (Wildman–Crippen MR) is 75.3 cm³/mol. The lowest BCUT2D eigenvalue weighted by Gasteiger charge is -1.95. The van der Waals surface area contributed by atoms with Crippen molar-refractivity contribution >= 4 is 11.6 Å². The smallest absolute Gasteiger partial charge is 0.249 e. The van der Waals surface area contributed by atoms with Crippen LogP contribution < -0.4 is 11.2 Å². The molecule has 0 radical (unpaired) electrons. The summed E-state index contributed by atoms with van der Waals surface area (Å²) in [5.74, 6) is -0.433. The lowest BCUT2D eigenvalue weighted by Crippen LogP contribution is -2.10. The second-order valence-corrected chi connectivity index (χ2v) is 4.24. The van der Waals surface area contributed by atoms with Crippen molar-refractivity contribution in [3.05, 3.63) is 59.8 Å². The Bertz CT molecular complexity index is 732. The number of primary amides is 1. The monoisotopic (exact) mass is 265 g/mol. The van der Waals surface area contributed by atoms with Crippen LogP contribution in [0.25, 0.3) is 11.1 Å². The molecule has 3 N–H and O–H groups in total. The molecule has 0 bridgehead atoms. The summed E-state index contributed by atoms with van der Waals surface area (Å²) in [7, 11) is 0. The van der Waals surface area contributed by atoms with E-state index in [1.807, 2.05) is 30.3 Å². The summed E-state index contributed by atoms with van der Waals surface area (Å²) < 4.78 is 0. The van der Waals surface area contributed by atoms with Gasteiger partial charge in [0.15, 0.2) is 0 Å². The third-order valence-electron chi connectivity index (χ3n) is 3.03. The van der Waals surface area contributed by atoms with E-state index in [2.05, 4.69) is 21.0 Å². The molecule has 1 amide bonds. The number of amides is 1. The van der Waals surface area contributed by atoms with Crippen LogP contribution in [0.4, 0.5) is 0 Å². The number of carbonyl (C=O) groups excluding carboxylic acids is 1. The van der Waals surface area contributed by atoms with E-state index in [1.54, 1.807) is 18.3 Å². The number of hydrogen-bond acceptors (Lipinski definition) is 5. The van der Waals surface area contributed by atoms with E-state index in [4.69, 9.17) is 5.73 Å². The lowest BCUT2D eigenvalue weighted by molar-refractivity contribution is 0.100. The Morgan fingerprint density at radius 3 is 2.65 bits per heavy atom. The van der Waals surface area contributed by atoms with E-state index >= 15 is 0 Å². The van der Waals surface area contributed by atoms with Crippen LogP contribution in [0.2, 0.25) is 0 Å². The molecule has 3 aliphatic rings. The van der Waals surface area contributed by atoms with Crippen molar-refractivity contribution in [2.24, 2.45) is 21.3 Å². The van der Waals surface area contributed by atoms with Crippen molar-refractivity contribution in [2.45, 2.75) is 0 Å². The van der Waals surface area contributed by atoms with Gasteiger partial charge in [0, 0.05) is 17.3 Å². The third kappa shape index (κ3) is 2.14.